The number of hydrogen-bond donors (Lipinski definition) is 1. The fourth-order valence-corrected chi connectivity index (χ4v) is 2.09. The molecular weight excluding hydrogens is 228 g/mol. The van der Waals surface area contributed by atoms with Crippen LogP contribution in [0.25, 0.3) is 0 Å². The molecule has 88 valence electrons. The van der Waals surface area contributed by atoms with E-state index in [9.17, 15) is 0 Å². The van der Waals surface area contributed by atoms with E-state index in [0.717, 1.165) is 25.1 Å². The fourth-order valence-electron chi connectivity index (χ4n) is 1.84. The molecule has 0 aliphatic rings. The van der Waals surface area contributed by atoms with E-state index in [1.165, 1.54) is 11.3 Å². The SMILES string of the molecule is CCCc1cc(=S)nc(Cc2ccccc2)[nH]1. The summed E-state index contributed by atoms with van der Waals surface area (Å²) in [4.78, 5) is 7.73. The third kappa shape index (κ3) is 3.49. The molecule has 0 aliphatic carbocycles. The molecule has 0 unspecified atom stereocenters. The monoisotopic (exact) mass is 244 g/mol. The lowest BCUT2D eigenvalue weighted by Gasteiger charge is -2.05. The zero-order valence-electron chi connectivity index (χ0n) is 9.94. The fraction of sp³-hybridized carbons (Fsp3) is 0.286. The van der Waals surface area contributed by atoms with Crippen molar-refractivity contribution < 1.29 is 0 Å². The van der Waals surface area contributed by atoms with E-state index in [4.69, 9.17) is 12.2 Å². The van der Waals surface area contributed by atoms with E-state index in [1.807, 2.05) is 24.3 Å². The molecule has 2 aromatic rings. The molecule has 2 nitrogen and oxygen atoms in total. The summed E-state index contributed by atoms with van der Waals surface area (Å²) >= 11 is 5.19. The zero-order chi connectivity index (χ0) is 12.1. The third-order valence-corrected chi connectivity index (χ3v) is 2.79. The van der Waals surface area contributed by atoms with E-state index in [2.05, 4.69) is 29.0 Å². The molecule has 0 radical (unpaired) electrons. The van der Waals surface area contributed by atoms with Crippen molar-refractivity contribution in [2.24, 2.45) is 0 Å². The largest absolute Gasteiger partial charge is 0.347 e. The van der Waals surface area contributed by atoms with Crippen molar-refractivity contribution in [1.82, 2.24) is 9.97 Å². The highest BCUT2D eigenvalue weighted by Crippen LogP contribution is 2.07. The maximum atomic E-state index is 5.19. The van der Waals surface area contributed by atoms with Crippen LogP contribution in [0.4, 0.5) is 0 Å². The van der Waals surface area contributed by atoms with Gasteiger partial charge in [-0.3, -0.25) is 0 Å². The minimum absolute atomic E-state index is 0.679. The van der Waals surface area contributed by atoms with Gasteiger partial charge in [-0.25, -0.2) is 4.98 Å². The van der Waals surface area contributed by atoms with Crippen molar-refractivity contribution in [2.45, 2.75) is 26.2 Å². The first kappa shape index (κ1) is 12.0. The van der Waals surface area contributed by atoms with E-state index in [0.29, 0.717) is 4.64 Å². The molecule has 0 atom stereocenters. The molecule has 1 aromatic carbocycles. The first-order chi connectivity index (χ1) is 8.28. The van der Waals surface area contributed by atoms with Gasteiger partial charge in [0.2, 0.25) is 0 Å². The van der Waals surface area contributed by atoms with Crippen LogP contribution in [0.3, 0.4) is 0 Å². The van der Waals surface area contributed by atoms with Gasteiger partial charge in [0.25, 0.3) is 0 Å². The van der Waals surface area contributed by atoms with Gasteiger partial charge in [-0.15, -0.1) is 0 Å². The Bertz CT molecular complexity index is 531. The number of aromatic amines is 1. The molecule has 3 heteroatoms. The van der Waals surface area contributed by atoms with Crippen LogP contribution in [0.15, 0.2) is 36.4 Å². The standard InChI is InChI=1S/C14H16N2S/c1-2-6-12-10-14(17)16-13(15-12)9-11-7-4-3-5-8-11/h3-5,7-8,10H,2,6,9H2,1H3,(H,15,16,17). The Labute approximate surface area is 107 Å². The van der Waals surface area contributed by atoms with E-state index in [-0.39, 0.29) is 0 Å². The normalized spacial score (nSPS) is 10.4. The van der Waals surface area contributed by atoms with E-state index in [1.54, 1.807) is 0 Å². The topological polar surface area (TPSA) is 28.7 Å². The van der Waals surface area contributed by atoms with Crippen LogP contribution in [0.1, 0.15) is 30.4 Å². The van der Waals surface area contributed by atoms with Crippen LogP contribution in [-0.2, 0) is 12.8 Å². The Kier molecular flexibility index (Phi) is 4.04. The second-order valence-corrected chi connectivity index (χ2v) is 4.52. The van der Waals surface area contributed by atoms with Gasteiger partial charge in [-0.05, 0) is 18.1 Å². The molecule has 0 saturated carbocycles. The first-order valence-corrected chi connectivity index (χ1v) is 6.32. The molecule has 1 heterocycles. The van der Waals surface area contributed by atoms with E-state index < -0.39 is 0 Å². The summed E-state index contributed by atoms with van der Waals surface area (Å²) in [5, 5.41) is 0. The molecular formula is C14H16N2S. The number of rotatable bonds is 4. The van der Waals surface area contributed by atoms with Crippen molar-refractivity contribution in [3.63, 3.8) is 0 Å². The van der Waals surface area contributed by atoms with Gasteiger partial charge in [0, 0.05) is 12.1 Å². The van der Waals surface area contributed by atoms with Crippen molar-refractivity contribution in [1.29, 1.82) is 0 Å². The first-order valence-electron chi connectivity index (χ1n) is 5.91. The molecule has 0 bridgehead atoms. The second-order valence-electron chi connectivity index (χ2n) is 4.10. The lowest BCUT2D eigenvalue weighted by molar-refractivity contribution is 0.838. The van der Waals surface area contributed by atoms with Gasteiger partial charge >= 0.3 is 0 Å². The van der Waals surface area contributed by atoms with Gasteiger partial charge in [0.1, 0.15) is 10.5 Å². The second kappa shape index (κ2) is 5.73. The predicted octanol–water partition coefficient (Wildman–Crippen LogP) is 3.68. The Morgan fingerprint density at radius 3 is 2.71 bits per heavy atom. The Hall–Kier alpha value is -1.48. The molecule has 0 spiro atoms. The molecule has 1 aromatic heterocycles. The van der Waals surface area contributed by atoms with Crippen molar-refractivity contribution >= 4 is 12.2 Å². The van der Waals surface area contributed by atoms with Crippen LogP contribution < -0.4 is 0 Å². The van der Waals surface area contributed by atoms with Crippen LogP contribution >= 0.6 is 12.2 Å². The van der Waals surface area contributed by atoms with Crippen molar-refractivity contribution in [3.05, 3.63) is 58.1 Å². The number of hydrogen-bond acceptors (Lipinski definition) is 2. The van der Waals surface area contributed by atoms with E-state index >= 15 is 0 Å². The summed E-state index contributed by atoms with van der Waals surface area (Å²) in [6.07, 6.45) is 2.94. The summed E-state index contributed by atoms with van der Waals surface area (Å²) in [5.74, 6) is 0.951. The molecule has 0 saturated heterocycles. The summed E-state index contributed by atoms with van der Waals surface area (Å²) in [5.41, 5.74) is 2.43. The minimum atomic E-state index is 0.679. The predicted molar refractivity (Wildman–Crippen MR) is 72.7 cm³/mol. The van der Waals surface area contributed by atoms with Gasteiger partial charge in [0.05, 0.1) is 0 Å². The zero-order valence-corrected chi connectivity index (χ0v) is 10.8. The lowest BCUT2D eigenvalue weighted by atomic mass is 10.1. The molecule has 0 aliphatic heterocycles. The molecule has 2 rings (SSSR count). The maximum Gasteiger partial charge on any atom is 0.130 e. The quantitative estimate of drug-likeness (QED) is 0.831. The Morgan fingerprint density at radius 1 is 1.24 bits per heavy atom. The number of nitrogens with zero attached hydrogens (tertiary/aromatic N) is 1. The van der Waals surface area contributed by atoms with Crippen LogP contribution in [0.2, 0.25) is 0 Å². The molecule has 1 N–H and O–H groups in total. The Balaban J connectivity index is 2.24. The van der Waals surface area contributed by atoms with Crippen molar-refractivity contribution in [3.8, 4) is 0 Å². The highest BCUT2D eigenvalue weighted by molar-refractivity contribution is 7.71. The minimum Gasteiger partial charge on any atom is -0.347 e. The van der Waals surface area contributed by atoms with Gasteiger partial charge in [-0.1, -0.05) is 55.9 Å². The molecule has 0 fully saturated rings. The number of nitrogens with one attached hydrogen (secondary N) is 1. The molecule has 17 heavy (non-hydrogen) atoms. The summed E-state index contributed by atoms with van der Waals surface area (Å²) in [6.45, 7) is 2.16. The Morgan fingerprint density at radius 2 is 2.00 bits per heavy atom. The summed E-state index contributed by atoms with van der Waals surface area (Å²) in [7, 11) is 0. The number of benzene rings is 1. The van der Waals surface area contributed by atoms with Gasteiger partial charge in [0.15, 0.2) is 0 Å². The lowest BCUT2D eigenvalue weighted by Crippen LogP contribution is -2.00. The smallest absolute Gasteiger partial charge is 0.130 e. The third-order valence-electron chi connectivity index (χ3n) is 2.58. The summed E-state index contributed by atoms with van der Waals surface area (Å²) < 4.78 is 0.679. The van der Waals surface area contributed by atoms with Gasteiger partial charge < -0.3 is 4.98 Å². The number of aromatic nitrogens is 2. The average molecular weight is 244 g/mol. The highest BCUT2D eigenvalue weighted by Gasteiger charge is 2.00. The summed E-state index contributed by atoms with van der Waals surface area (Å²) in [6, 6.07) is 12.3. The number of H-pyrrole nitrogens is 1. The van der Waals surface area contributed by atoms with Crippen LogP contribution in [-0.4, -0.2) is 9.97 Å². The van der Waals surface area contributed by atoms with Gasteiger partial charge in [-0.2, -0.15) is 0 Å². The van der Waals surface area contributed by atoms with Crippen molar-refractivity contribution in [2.75, 3.05) is 0 Å². The average Bonchev–Trinajstić information content (AvgIpc) is 2.30. The van der Waals surface area contributed by atoms with Crippen LogP contribution in [0, 0.1) is 4.64 Å². The maximum absolute atomic E-state index is 5.19. The number of aryl methyl sites for hydroxylation is 1. The molecule has 0 amide bonds. The highest BCUT2D eigenvalue weighted by atomic mass is 32.1. The van der Waals surface area contributed by atoms with Crippen LogP contribution in [0.5, 0.6) is 0 Å².